The van der Waals surface area contributed by atoms with Gasteiger partial charge in [-0.05, 0) is 44.4 Å². The average Bonchev–Trinajstić information content (AvgIpc) is 2.70. The first-order valence-electron chi connectivity index (χ1n) is 5.78. The van der Waals surface area contributed by atoms with Gasteiger partial charge >= 0.3 is 0 Å². The van der Waals surface area contributed by atoms with E-state index in [1.165, 1.54) is 0 Å². The highest BCUT2D eigenvalue weighted by Gasteiger charge is 2.07. The van der Waals surface area contributed by atoms with Gasteiger partial charge in [0.05, 0.1) is 0 Å². The summed E-state index contributed by atoms with van der Waals surface area (Å²) in [5.74, 6) is 1.87. The molecule has 17 heavy (non-hydrogen) atoms. The maximum atomic E-state index is 4.46. The summed E-state index contributed by atoms with van der Waals surface area (Å²) in [5, 5.41) is 7.78. The number of nitrogens with zero attached hydrogens (tertiary/aromatic N) is 3. The summed E-state index contributed by atoms with van der Waals surface area (Å²) in [5.41, 5.74) is 1.99. The predicted molar refractivity (Wildman–Crippen MR) is 73.8 cm³/mol. The van der Waals surface area contributed by atoms with Crippen LogP contribution in [0.2, 0.25) is 0 Å². The van der Waals surface area contributed by atoms with Crippen LogP contribution in [-0.4, -0.2) is 32.6 Å². The number of aromatic nitrogens is 3. The largest absolute Gasteiger partial charge is 0.350 e. The van der Waals surface area contributed by atoms with Crippen molar-refractivity contribution in [1.82, 2.24) is 14.6 Å². The SMILES string of the molecule is CSCCC(C)Nc1nc2cccc(C)n2n1. The van der Waals surface area contributed by atoms with E-state index in [4.69, 9.17) is 0 Å². The van der Waals surface area contributed by atoms with Crippen molar-refractivity contribution >= 4 is 23.4 Å². The molecule has 0 fully saturated rings. The van der Waals surface area contributed by atoms with E-state index in [9.17, 15) is 0 Å². The van der Waals surface area contributed by atoms with E-state index in [-0.39, 0.29) is 0 Å². The Morgan fingerprint density at radius 1 is 1.47 bits per heavy atom. The Morgan fingerprint density at radius 2 is 2.29 bits per heavy atom. The molecule has 4 nitrogen and oxygen atoms in total. The second kappa shape index (κ2) is 5.40. The highest BCUT2D eigenvalue weighted by Crippen LogP contribution is 2.10. The summed E-state index contributed by atoms with van der Waals surface area (Å²) in [7, 11) is 0. The van der Waals surface area contributed by atoms with Crippen LogP contribution in [0.15, 0.2) is 18.2 Å². The fourth-order valence-corrected chi connectivity index (χ4v) is 2.27. The summed E-state index contributed by atoms with van der Waals surface area (Å²) in [4.78, 5) is 4.46. The lowest BCUT2D eigenvalue weighted by atomic mass is 10.3. The second-order valence-corrected chi connectivity index (χ2v) is 5.19. The van der Waals surface area contributed by atoms with Crippen molar-refractivity contribution in [2.75, 3.05) is 17.3 Å². The molecule has 2 rings (SSSR count). The molecule has 5 heteroatoms. The first-order chi connectivity index (χ1) is 8.20. The normalized spacial score (nSPS) is 12.9. The summed E-state index contributed by atoms with van der Waals surface area (Å²) in [6.07, 6.45) is 3.24. The molecule has 0 radical (unpaired) electrons. The molecule has 1 atom stereocenters. The Labute approximate surface area is 106 Å². The molecule has 0 aromatic carbocycles. The second-order valence-electron chi connectivity index (χ2n) is 4.20. The van der Waals surface area contributed by atoms with Crippen LogP contribution in [0.1, 0.15) is 19.0 Å². The third-order valence-electron chi connectivity index (χ3n) is 2.68. The summed E-state index contributed by atoms with van der Waals surface area (Å²) < 4.78 is 1.86. The van der Waals surface area contributed by atoms with E-state index in [1.54, 1.807) is 0 Å². The number of fused-ring (bicyclic) bond motifs is 1. The van der Waals surface area contributed by atoms with Gasteiger partial charge in [-0.1, -0.05) is 6.07 Å². The Bertz CT molecular complexity index is 494. The maximum absolute atomic E-state index is 4.46. The van der Waals surface area contributed by atoms with E-state index in [0.29, 0.717) is 12.0 Å². The zero-order valence-corrected chi connectivity index (χ0v) is 11.3. The van der Waals surface area contributed by atoms with Crippen molar-refractivity contribution in [3.63, 3.8) is 0 Å². The molecule has 0 amide bonds. The summed E-state index contributed by atoms with van der Waals surface area (Å²) in [6, 6.07) is 6.40. The van der Waals surface area contributed by atoms with Crippen molar-refractivity contribution < 1.29 is 0 Å². The Kier molecular flexibility index (Phi) is 3.89. The first kappa shape index (κ1) is 12.2. The molecule has 0 bridgehead atoms. The van der Waals surface area contributed by atoms with E-state index in [2.05, 4.69) is 28.6 Å². The number of hydrogen-bond donors (Lipinski definition) is 1. The van der Waals surface area contributed by atoms with Crippen LogP contribution in [0.25, 0.3) is 5.65 Å². The van der Waals surface area contributed by atoms with Gasteiger partial charge in [0.2, 0.25) is 5.95 Å². The number of thioether (sulfide) groups is 1. The summed E-state index contributed by atoms with van der Waals surface area (Å²) in [6.45, 7) is 4.19. The van der Waals surface area contributed by atoms with Crippen LogP contribution in [0.3, 0.4) is 0 Å². The molecule has 0 saturated carbocycles. The summed E-state index contributed by atoms with van der Waals surface area (Å²) >= 11 is 1.86. The standard InChI is InChI=1S/C12H18N4S/c1-9(7-8-17-3)13-12-14-11-6-4-5-10(2)16(11)15-12/h4-6,9H,7-8H2,1-3H3,(H,13,15). The molecule has 0 aliphatic rings. The van der Waals surface area contributed by atoms with E-state index >= 15 is 0 Å². The van der Waals surface area contributed by atoms with Crippen LogP contribution < -0.4 is 5.32 Å². The lowest BCUT2D eigenvalue weighted by Gasteiger charge is -2.10. The minimum Gasteiger partial charge on any atom is -0.350 e. The van der Waals surface area contributed by atoms with Crippen LogP contribution in [0.5, 0.6) is 0 Å². The third kappa shape index (κ3) is 2.91. The van der Waals surface area contributed by atoms with E-state index in [0.717, 1.165) is 23.5 Å². The highest BCUT2D eigenvalue weighted by molar-refractivity contribution is 7.98. The average molecular weight is 250 g/mol. The number of rotatable bonds is 5. The lowest BCUT2D eigenvalue weighted by Crippen LogP contribution is -2.16. The van der Waals surface area contributed by atoms with E-state index in [1.807, 2.05) is 41.4 Å². The molecule has 0 saturated heterocycles. The van der Waals surface area contributed by atoms with Gasteiger partial charge in [0.25, 0.3) is 0 Å². The van der Waals surface area contributed by atoms with Crippen LogP contribution in [0, 0.1) is 6.92 Å². The van der Waals surface area contributed by atoms with Gasteiger partial charge in [0.1, 0.15) is 0 Å². The highest BCUT2D eigenvalue weighted by atomic mass is 32.2. The zero-order chi connectivity index (χ0) is 12.3. The molecule has 0 aliphatic carbocycles. The lowest BCUT2D eigenvalue weighted by molar-refractivity contribution is 0.758. The Hall–Kier alpha value is -1.23. The molecule has 1 unspecified atom stereocenters. The number of aryl methyl sites for hydroxylation is 1. The molecule has 1 N–H and O–H groups in total. The molecule has 2 aromatic rings. The van der Waals surface area contributed by atoms with Crippen LogP contribution in [0.4, 0.5) is 5.95 Å². The Morgan fingerprint density at radius 3 is 3.00 bits per heavy atom. The van der Waals surface area contributed by atoms with Gasteiger partial charge in [0, 0.05) is 11.7 Å². The van der Waals surface area contributed by atoms with Gasteiger partial charge < -0.3 is 5.32 Å². The monoisotopic (exact) mass is 250 g/mol. The fraction of sp³-hybridized carbons (Fsp3) is 0.500. The predicted octanol–water partition coefficient (Wildman–Crippen LogP) is 2.59. The molecular weight excluding hydrogens is 232 g/mol. The smallest absolute Gasteiger partial charge is 0.243 e. The Balaban J connectivity index is 2.11. The van der Waals surface area contributed by atoms with E-state index < -0.39 is 0 Å². The van der Waals surface area contributed by atoms with Gasteiger partial charge in [-0.15, -0.1) is 5.10 Å². The minimum absolute atomic E-state index is 0.403. The molecule has 0 spiro atoms. The van der Waals surface area contributed by atoms with Gasteiger partial charge in [0.15, 0.2) is 5.65 Å². The molecular formula is C12H18N4S. The van der Waals surface area contributed by atoms with Gasteiger partial charge in [-0.25, -0.2) is 4.52 Å². The van der Waals surface area contributed by atoms with Gasteiger partial charge in [-0.3, -0.25) is 0 Å². The number of hydrogen-bond acceptors (Lipinski definition) is 4. The fourth-order valence-electron chi connectivity index (χ4n) is 1.68. The quantitative estimate of drug-likeness (QED) is 0.885. The van der Waals surface area contributed by atoms with Gasteiger partial charge in [-0.2, -0.15) is 16.7 Å². The molecule has 0 aliphatic heterocycles. The number of nitrogens with one attached hydrogen (secondary N) is 1. The van der Waals surface area contributed by atoms with Crippen molar-refractivity contribution in [3.8, 4) is 0 Å². The van der Waals surface area contributed by atoms with Crippen molar-refractivity contribution in [3.05, 3.63) is 23.9 Å². The minimum atomic E-state index is 0.403. The molecule has 2 aromatic heterocycles. The zero-order valence-electron chi connectivity index (χ0n) is 10.5. The van der Waals surface area contributed by atoms with Crippen LogP contribution in [-0.2, 0) is 0 Å². The third-order valence-corrected chi connectivity index (χ3v) is 3.32. The van der Waals surface area contributed by atoms with Crippen molar-refractivity contribution in [2.24, 2.45) is 0 Å². The van der Waals surface area contributed by atoms with Crippen LogP contribution >= 0.6 is 11.8 Å². The topological polar surface area (TPSA) is 42.2 Å². The first-order valence-corrected chi connectivity index (χ1v) is 7.18. The van der Waals surface area contributed by atoms with Crippen molar-refractivity contribution in [2.45, 2.75) is 26.3 Å². The molecule has 2 heterocycles. The van der Waals surface area contributed by atoms with Crippen molar-refractivity contribution in [1.29, 1.82) is 0 Å². The molecule has 92 valence electrons. The number of anilines is 1. The maximum Gasteiger partial charge on any atom is 0.243 e. The number of pyridine rings is 1.